The molecule has 0 amide bonds. The number of hydrogen-bond acceptors (Lipinski definition) is 4. The van der Waals surface area contributed by atoms with Gasteiger partial charge in [-0.2, -0.15) is 5.26 Å². The molecule has 0 heterocycles. The highest BCUT2D eigenvalue weighted by molar-refractivity contribution is 9.10. The van der Waals surface area contributed by atoms with Crippen molar-refractivity contribution < 1.29 is 14.2 Å². The molecular weight excluding hydrogens is 334 g/mol. The second-order valence-corrected chi connectivity index (χ2v) is 5.08. The minimum absolute atomic E-state index is 0.382. The van der Waals surface area contributed by atoms with E-state index >= 15 is 0 Å². The van der Waals surface area contributed by atoms with E-state index in [1.807, 2.05) is 12.1 Å². The van der Waals surface area contributed by atoms with Gasteiger partial charge in [-0.3, -0.25) is 0 Å². The standard InChI is InChI=1S/C16H14BrNO3/c1-19-15-7-12(14(17)8-16(15)20-2)10-21-13-5-3-11(9-18)4-6-13/h3-8H,10H2,1-2H3. The number of rotatable bonds is 5. The first-order chi connectivity index (χ1) is 10.2. The molecule has 0 bridgehead atoms. The number of nitriles is 1. The third-order valence-corrected chi connectivity index (χ3v) is 3.67. The minimum atomic E-state index is 0.382. The lowest BCUT2D eigenvalue weighted by atomic mass is 10.2. The smallest absolute Gasteiger partial charge is 0.161 e. The Kier molecular flexibility index (Phi) is 5.07. The fourth-order valence-electron chi connectivity index (χ4n) is 1.79. The molecule has 0 aromatic heterocycles. The van der Waals surface area contributed by atoms with Crippen molar-refractivity contribution in [1.82, 2.24) is 0 Å². The van der Waals surface area contributed by atoms with Gasteiger partial charge in [-0.25, -0.2) is 0 Å². The first kappa shape index (κ1) is 15.2. The van der Waals surface area contributed by atoms with Crippen LogP contribution in [-0.2, 0) is 6.61 Å². The van der Waals surface area contributed by atoms with E-state index in [-0.39, 0.29) is 0 Å². The summed E-state index contributed by atoms with van der Waals surface area (Å²) < 4.78 is 17.1. The number of benzene rings is 2. The molecule has 0 N–H and O–H groups in total. The summed E-state index contributed by atoms with van der Waals surface area (Å²) in [5, 5.41) is 8.76. The summed E-state index contributed by atoms with van der Waals surface area (Å²) in [5.41, 5.74) is 1.55. The third kappa shape index (κ3) is 3.67. The Morgan fingerprint density at radius 1 is 1.05 bits per heavy atom. The topological polar surface area (TPSA) is 51.5 Å². The zero-order chi connectivity index (χ0) is 15.2. The summed E-state index contributed by atoms with van der Waals surface area (Å²) in [6.07, 6.45) is 0. The lowest BCUT2D eigenvalue weighted by Gasteiger charge is -2.12. The highest BCUT2D eigenvalue weighted by atomic mass is 79.9. The van der Waals surface area contributed by atoms with Gasteiger partial charge in [0.25, 0.3) is 0 Å². The molecule has 5 heteroatoms. The minimum Gasteiger partial charge on any atom is -0.493 e. The molecule has 0 spiro atoms. The second-order valence-electron chi connectivity index (χ2n) is 4.22. The van der Waals surface area contributed by atoms with Crippen LogP contribution >= 0.6 is 15.9 Å². The molecule has 0 radical (unpaired) electrons. The van der Waals surface area contributed by atoms with Crippen LogP contribution < -0.4 is 14.2 Å². The van der Waals surface area contributed by atoms with Crippen molar-refractivity contribution in [1.29, 1.82) is 5.26 Å². The maximum absolute atomic E-state index is 8.76. The Hall–Kier alpha value is -2.19. The van der Waals surface area contributed by atoms with Crippen LogP contribution in [0.3, 0.4) is 0 Å². The van der Waals surface area contributed by atoms with Crippen LogP contribution in [0.1, 0.15) is 11.1 Å². The SMILES string of the molecule is COc1cc(Br)c(COc2ccc(C#N)cc2)cc1OC. The Bertz CT molecular complexity index is 662. The second kappa shape index (κ2) is 7.00. The van der Waals surface area contributed by atoms with Crippen molar-refractivity contribution in [3.63, 3.8) is 0 Å². The van der Waals surface area contributed by atoms with E-state index in [2.05, 4.69) is 22.0 Å². The molecule has 4 nitrogen and oxygen atoms in total. The van der Waals surface area contributed by atoms with Crippen LogP contribution in [0, 0.1) is 11.3 Å². The molecular formula is C16H14BrNO3. The molecule has 0 aliphatic carbocycles. The molecule has 0 aliphatic heterocycles. The average molecular weight is 348 g/mol. The summed E-state index contributed by atoms with van der Waals surface area (Å²) >= 11 is 3.49. The predicted octanol–water partition coefficient (Wildman–Crippen LogP) is 3.92. The fraction of sp³-hybridized carbons (Fsp3) is 0.188. The molecule has 0 unspecified atom stereocenters. The van der Waals surface area contributed by atoms with E-state index in [4.69, 9.17) is 19.5 Å². The monoisotopic (exact) mass is 347 g/mol. The lowest BCUT2D eigenvalue weighted by Crippen LogP contribution is -1.99. The van der Waals surface area contributed by atoms with Gasteiger partial charge in [0.1, 0.15) is 12.4 Å². The highest BCUT2D eigenvalue weighted by Crippen LogP contribution is 2.33. The predicted molar refractivity (Wildman–Crippen MR) is 82.7 cm³/mol. The molecule has 0 fully saturated rings. The van der Waals surface area contributed by atoms with Crippen molar-refractivity contribution >= 4 is 15.9 Å². The first-order valence-corrected chi connectivity index (χ1v) is 7.00. The van der Waals surface area contributed by atoms with Gasteiger partial charge in [-0.05, 0) is 36.4 Å². The van der Waals surface area contributed by atoms with E-state index in [1.54, 1.807) is 38.5 Å². The van der Waals surface area contributed by atoms with Gasteiger partial charge in [0.15, 0.2) is 11.5 Å². The van der Waals surface area contributed by atoms with Gasteiger partial charge < -0.3 is 14.2 Å². The van der Waals surface area contributed by atoms with Crippen LogP contribution in [0.5, 0.6) is 17.2 Å². The zero-order valence-corrected chi connectivity index (χ0v) is 13.3. The van der Waals surface area contributed by atoms with Crippen molar-refractivity contribution in [3.05, 3.63) is 52.0 Å². The Morgan fingerprint density at radius 2 is 1.67 bits per heavy atom. The van der Waals surface area contributed by atoms with Crippen LogP contribution in [-0.4, -0.2) is 14.2 Å². The Labute approximate surface area is 132 Å². The Morgan fingerprint density at radius 3 is 2.24 bits per heavy atom. The van der Waals surface area contributed by atoms with E-state index in [0.717, 1.165) is 10.0 Å². The fourth-order valence-corrected chi connectivity index (χ4v) is 2.23. The van der Waals surface area contributed by atoms with Gasteiger partial charge in [-0.15, -0.1) is 0 Å². The average Bonchev–Trinajstić information content (AvgIpc) is 2.53. The summed E-state index contributed by atoms with van der Waals surface area (Å²) in [6.45, 7) is 0.382. The molecule has 0 saturated carbocycles. The molecule has 0 saturated heterocycles. The van der Waals surface area contributed by atoms with Gasteiger partial charge in [0.05, 0.1) is 25.9 Å². The summed E-state index contributed by atoms with van der Waals surface area (Å²) in [7, 11) is 3.19. The highest BCUT2D eigenvalue weighted by Gasteiger charge is 2.10. The molecule has 108 valence electrons. The van der Waals surface area contributed by atoms with Crippen molar-refractivity contribution in [2.75, 3.05) is 14.2 Å². The zero-order valence-electron chi connectivity index (χ0n) is 11.7. The maximum atomic E-state index is 8.76. The quantitative estimate of drug-likeness (QED) is 0.822. The first-order valence-electron chi connectivity index (χ1n) is 6.21. The number of hydrogen-bond donors (Lipinski definition) is 0. The van der Waals surface area contributed by atoms with Crippen molar-refractivity contribution in [3.8, 4) is 23.3 Å². The molecule has 21 heavy (non-hydrogen) atoms. The summed E-state index contributed by atoms with van der Waals surface area (Å²) in [6, 6.07) is 12.8. The lowest BCUT2D eigenvalue weighted by molar-refractivity contribution is 0.303. The van der Waals surface area contributed by atoms with Crippen LogP contribution in [0.15, 0.2) is 40.9 Å². The number of nitrogens with zero attached hydrogens (tertiary/aromatic N) is 1. The van der Waals surface area contributed by atoms with Gasteiger partial charge in [0.2, 0.25) is 0 Å². The van der Waals surface area contributed by atoms with E-state index in [1.165, 1.54) is 0 Å². The van der Waals surface area contributed by atoms with Gasteiger partial charge in [-0.1, -0.05) is 15.9 Å². The molecule has 2 aromatic carbocycles. The largest absolute Gasteiger partial charge is 0.493 e. The number of methoxy groups -OCH3 is 2. The normalized spacial score (nSPS) is 9.81. The molecule has 2 aromatic rings. The molecule has 0 atom stereocenters. The van der Waals surface area contributed by atoms with E-state index < -0.39 is 0 Å². The maximum Gasteiger partial charge on any atom is 0.161 e. The van der Waals surface area contributed by atoms with Crippen LogP contribution in [0.4, 0.5) is 0 Å². The number of halogens is 1. The van der Waals surface area contributed by atoms with E-state index in [9.17, 15) is 0 Å². The summed E-state index contributed by atoms with van der Waals surface area (Å²) in [4.78, 5) is 0. The van der Waals surface area contributed by atoms with Crippen LogP contribution in [0.2, 0.25) is 0 Å². The van der Waals surface area contributed by atoms with Crippen molar-refractivity contribution in [2.24, 2.45) is 0 Å². The van der Waals surface area contributed by atoms with Gasteiger partial charge in [0, 0.05) is 10.0 Å². The third-order valence-electron chi connectivity index (χ3n) is 2.93. The van der Waals surface area contributed by atoms with Crippen LogP contribution in [0.25, 0.3) is 0 Å². The molecule has 2 rings (SSSR count). The van der Waals surface area contributed by atoms with Crippen molar-refractivity contribution in [2.45, 2.75) is 6.61 Å². The Balaban J connectivity index is 2.14. The van der Waals surface area contributed by atoms with E-state index in [0.29, 0.717) is 29.4 Å². The van der Waals surface area contributed by atoms with Gasteiger partial charge >= 0.3 is 0 Å². The molecule has 0 aliphatic rings. The number of ether oxygens (including phenoxy) is 3. The summed E-state index contributed by atoms with van der Waals surface area (Å²) in [5.74, 6) is 2.02.